The van der Waals surface area contributed by atoms with Crippen molar-refractivity contribution in [2.75, 3.05) is 0 Å². The number of benzene rings is 2. The summed E-state index contributed by atoms with van der Waals surface area (Å²) in [5, 5.41) is 8.85. The highest BCUT2D eigenvalue weighted by Gasteiger charge is 2.08. The molecule has 1 N–H and O–H groups in total. The Kier molecular flexibility index (Phi) is 4.58. The van der Waals surface area contributed by atoms with E-state index in [1.807, 2.05) is 18.2 Å². The van der Waals surface area contributed by atoms with Crippen molar-refractivity contribution in [1.29, 1.82) is 0 Å². The molecule has 0 aliphatic rings. The summed E-state index contributed by atoms with van der Waals surface area (Å²) in [6, 6.07) is 13.9. The maximum atomic E-state index is 13.5. The van der Waals surface area contributed by atoms with Crippen LogP contribution in [0.3, 0.4) is 0 Å². The SMILES string of the molecule is O=C(O)Cc1ccccc1CSc1ccccc1F. The molecule has 0 spiro atoms. The number of carbonyl (C=O) groups is 1. The molecule has 0 heterocycles. The van der Waals surface area contributed by atoms with E-state index in [2.05, 4.69) is 0 Å². The molecular formula is C15H13FO2S. The van der Waals surface area contributed by atoms with E-state index in [0.29, 0.717) is 10.6 Å². The fourth-order valence-corrected chi connectivity index (χ4v) is 2.72. The third-order valence-electron chi connectivity index (χ3n) is 2.68. The van der Waals surface area contributed by atoms with Gasteiger partial charge in [-0.05, 0) is 23.3 Å². The smallest absolute Gasteiger partial charge is 0.307 e. The van der Waals surface area contributed by atoms with Crippen LogP contribution in [0.15, 0.2) is 53.4 Å². The van der Waals surface area contributed by atoms with Crippen LogP contribution in [0.25, 0.3) is 0 Å². The fourth-order valence-electron chi connectivity index (χ4n) is 1.75. The van der Waals surface area contributed by atoms with Crippen molar-refractivity contribution >= 4 is 17.7 Å². The van der Waals surface area contributed by atoms with Gasteiger partial charge in [0.05, 0.1) is 6.42 Å². The minimum Gasteiger partial charge on any atom is -0.481 e. The van der Waals surface area contributed by atoms with Gasteiger partial charge in [-0.2, -0.15) is 0 Å². The number of hydrogen-bond acceptors (Lipinski definition) is 2. The third-order valence-corrected chi connectivity index (χ3v) is 3.78. The van der Waals surface area contributed by atoms with Gasteiger partial charge in [0.15, 0.2) is 0 Å². The predicted octanol–water partition coefficient (Wildman–Crippen LogP) is 3.75. The van der Waals surface area contributed by atoms with Crippen LogP contribution in [0, 0.1) is 5.82 Å². The second-order valence-electron chi connectivity index (χ2n) is 4.06. The number of thioether (sulfide) groups is 1. The van der Waals surface area contributed by atoms with Gasteiger partial charge in [-0.25, -0.2) is 4.39 Å². The summed E-state index contributed by atoms with van der Waals surface area (Å²) in [6.45, 7) is 0. The highest BCUT2D eigenvalue weighted by atomic mass is 32.2. The summed E-state index contributed by atoms with van der Waals surface area (Å²) >= 11 is 1.37. The molecule has 0 aromatic heterocycles. The Morgan fingerprint density at radius 2 is 1.68 bits per heavy atom. The summed E-state index contributed by atoms with van der Waals surface area (Å²) in [5.74, 6) is -0.545. The van der Waals surface area contributed by atoms with Gasteiger partial charge in [0.1, 0.15) is 5.82 Å². The Hall–Kier alpha value is -1.81. The molecule has 2 aromatic rings. The van der Waals surface area contributed by atoms with Gasteiger partial charge in [0.2, 0.25) is 0 Å². The standard InChI is InChI=1S/C15H13FO2S/c16-13-7-3-4-8-14(13)19-10-12-6-2-1-5-11(12)9-15(17)18/h1-8H,9-10H2,(H,17,18). The lowest BCUT2D eigenvalue weighted by molar-refractivity contribution is -0.136. The molecule has 0 saturated heterocycles. The summed E-state index contributed by atoms with van der Waals surface area (Å²) in [7, 11) is 0. The number of aliphatic carboxylic acids is 1. The van der Waals surface area contributed by atoms with Crippen LogP contribution in [-0.2, 0) is 17.0 Å². The van der Waals surface area contributed by atoms with Gasteiger partial charge in [-0.1, -0.05) is 36.4 Å². The van der Waals surface area contributed by atoms with Gasteiger partial charge in [-0.3, -0.25) is 4.79 Å². The molecule has 0 radical (unpaired) electrons. The molecule has 4 heteroatoms. The molecule has 0 aliphatic heterocycles. The number of rotatable bonds is 5. The lowest BCUT2D eigenvalue weighted by atomic mass is 10.1. The lowest BCUT2D eigenvalue weighted by Crippen LogP contribution is -2.02. The summed E-state index contributed by atoms with van der Waals surface area (Å²) in [4.78, 5) is 11.4. The maximum Gasteiger partial charge on any atom is 0.307 e. The van der Waals surface area contributed by atoms with Crippen LogP contribution in [0.4, 0.5) is 4.39 Å². The first-order valence-corrected chi connectivity index (χ1v) is 6.81. The molecule has 0 unspecified atom stereocenters. The molecule has 98 valence electrons. The van der Waals surface area contributed by atoms with E-state index >= 15 is 0 Å². The second kappa shape index (κ2) is 6.38. The first-order chi connectivity index (χ1) is 9.16. The number of carboxylic acid groups (broad SMARTS) is 1. The van der Waals surface area contributed by atoms with Crippen molar-refractivity contribution in [3.05, 3.63) is 65.5 Å². The normalized spacial score (nSPS) is 10.4. The van der Waals surface area contributed by atoms with Gasteiger partial charge < -0.3 is 5.11 Å². The Morgan fingerprint density at radius 3 is 2.37 bits per heavy atom. The largest absolute Gasteiger partial charge is 0.481 e. The van der Waals surface area contributed by atoms with Gasteiger partial charge in [0.25, 0.3) is 0 Å². The highest BCUT2D eigenvalue weighted by Crippen LogP contribution is 2.26. The molecule has 2 nitrogen and oxygen atoms in total. The Bertz CT molecular complexity index is 584. The van der Waals surface area contributed by atoms with Crippen LogP contribution in [0.1, 0.15) is 11.1 Å². The van der Waals surface area contributed by atoms with Gasteiger partial charge in [-0.15, -0.1) is 11.8 Å². The average molecular weight is 276 g/mol. The molecule has 0 amide bonds. The first kappa shape index (κ1) is 13.6. The monoisotopic (exact) mass is 276 g/mol. The fraction of sp³-hybridized carbons (Fsp3) is 0.133. The molecule has 0 aliphatic carbocycles. The van der Waals surface area contributed by atoms with Gasteiger partial charge >= 0.3 is 5.97 Å². The molecular weight excluding hydrogens is 263 g/mol. The Balaban J connectivity index is 2.11. The van der Waals surface area contributed by atoms with Crippen LogP contribution in [0.5, 0.6) is 0 Å². The summed E-state index contributed by atoms with van der Waals surface area (Å²) < 4.78 is 13.5. The zero-order valence-corrected chi connectivity index (χ0v) is 11.0. The first-order valence-electron chi connectivity index (χ1n) is 5.82. The van der Waals surface area contributed by atoms with E-state index in [9.17, 15) is 9.18 Å². The number of halogens is 1. The van der Waals surface area contributed by atoms with Crippen LogP contribution in [0.2, 0.25) is 0 Å². The topological polar surface area (TPSA) is 37.3 Å². The van der Waals surface area contributed by atoms with E-state index in [1.165, 1.54) is 17.8 Å². The van der Waals surface area contributed by atoms with Crippen LogP contribution < -0.4 is 0 Å². The van der Waals surface area contributed by atoms with Crippen molar-refractivity contribution < 1.29 is 14.3 Å². The van der Waals surface area contributed by atoms with Crippen molar-refractivity contribution in [1.82, 2.24) is 0 Å². The summed E-state index contributed by atoms with van der Waals surface area (Å²) in [5.41, 5.74) is 1.71. The average Bonchev–Trinajstić information content (AvgIpc) is 2.39. The summed E-state index contributed by atoms with van der Waals surface area (Å²) in [6.07, 6.45) is -0.00595. The molecule has 2 aromatic carbocycles. The Morgan fingerprint density at radius 1 is 1.05 bits per heavy atom. The Labute approximate surface area is 115 Å². The minimum absolute atomic E-state index is 0.00595. The van der Waals surface area contributed by atoms with Crippen molar-refractivity contribution in [3.63, 3.8) is 0 Å². The lowest BCUT2D eigenvalue weighted by Gasteiger charge is -2.08. The van der Waals surface area contributed by atoms with Crippen LogP contribution in [-0.4, -0.2) is 11.1 Å². The zero-order chi connectivity index (χ0) is 13.7. The molecule has 19 heavy (non-hydrogen) atoms. The molecule has 2 rings (SSSR count). The van der Waals surface area contributed by atoms with Gasteiger partial charge in [0, 0.05) is 10.6 Å². The highest BCUT2D eigenvalue weighted by molar-refractivity contribution is 7.98. The van der Waals surface area contributed by atoms with E-state index < -0.39 is 5.97 Å². The maximum absolute atomic E-state index is 13.5. The molecule has 0 saturated carbocycles. The van der Waals surface area contributed by atoms with E-state index in [1.54, 1.807) is 24.3 Å². The third kappa shape index (κ3) is 3.83. The molecule has 0 fully saturated rings. The predicted molar refractivity (Wildman–Crippen MR) is 73.7 cm³/mol. The van der Waals surface area contributed by atoms with E-state index in [4.69, 9.17) is 5.11 Å². The second-order valence-corrected chi connectivity index (χ2v) is 5.08. The van der Waals surface area contributed by atoms with E-state index in [0.717, 1.165) is 11.1 Å². The van der Waals surface area contributed by atoms with Crippen molar-refractivity contribution in [2.24, 2.45) is 0 Å². The van der Waals surface area contributed by atoms with Crippen LogP contribution >= 0.6 is 11.8 Å². The quantitative estimate of drug-likeness (QED) is 0.845. The van der Waals surface area contributed by atoms with E-state index in [-0.39, 0.29) is 12.2 Å². The molecule has 0 atom stereocenters. The van der Waals surface area contributed by atoms with Crippen molar-refractivity contribution in [3.8, 4) is 0 Å². The zero-order valence-electron chi connectivity index (χ0n) is 10.2. The van der Waals surface area contributed by atoms with Crippen molar-refractivity contribution in [2.45, 2.75) is 17.1 Å². The minimum atomic E-state index is -0.858. The molecule has 0 bridgehead atoms. The number of carboxylic acids is 1. The number of hydrogen-bond donors (Lipinski definition) is 1.